The number of hydrogen-bond donors (Lipinski definition) is 2. The number of aromatic nitrogens is 1. The largest absolute Gasteiger partial charge is 0.465 e. The third-order valence-electron chi connectivity index (χ3n) is 3.30. The molecular formula is C12H16N4O4. The van der Waals surface area contributed by atoms with Gasteiger partial charge >= 0.3 is 11.8 Å². The number of nitro groups is 1. The fraction of sp³-hybridized carbons (Fsp3) is 0.500. The van der Waals surface area contributed by atoms with Gasteiger partial charge in [0.2, 0.25) is 0 Å². The van der Waals surface area contributed by atoms with Gasteiger partial charge < -0.3 is 15.3 Å². The lowest BCUT2D eigenvalue weighted by Crippen LogP contribution is -2.50. The molecule has 1 amide bonds. The van der Waals surface area contributed by atoms with E-state index >= 15 is 0 Å². The first-order valence-corrected chi connectivity index (χ1v) is 6.30. The number of amides is 1. The molecule has 20 heavy (non-hydrogen) atoms. The molecule has 0 aromatic carbocycles. The van der Waals surface area contributed by atoms with Crippen LogP contribution in [0.3, 0.4) is 0 Å². The Morgan fingerprint density at radius 2 is 2.35 bits per heavy atom. The first-order chi connectivity index (χ1) is 9.47. The van der Waals surface area contributed by atoms with Gasteiger partial charge in [-0.2, -0.15) is 0 Å². The van der Waals surface area contributed by atoms with Crippen LogP contribution < -0.4 is 10.2 Å². The molecule has 0 unspecified atom stereocenters. The normalized spacial score (nSPS) is 22.4. The number of hydrogen-bond acceptors (Lipinski definition) is 5. The maximum Gasteiger partial charge on any atom is 0.404 e. The van der Waals surface area contributed by atoms with Crippen LogP contribution in [0.2, 0.25) is 0 Å². The fourth-order valence-electron chi connectivity index (χ4n) is 2.61. The Balaban J connectivity index is 2.23. The van der Waals surface area contributed by atoms with Gasteiger partial charge in [0.15, 0.2) is 0 Å². The van der Waals surface area contributed by atoms with Crippen molar-refractivity contribution in [2.45, 2.75) is 19.4 Å². The SMILES string of the molecule is C[C@@H]1C[C@H](NC(=O)O)CN(c2ccncc2[N+](=O)[O-])C1. The highest BCUT2D eigenvalue weighted by Crippen LogP contribution is 2.30. The minimum atomic E-state index is -1.08. The lowest BCUT2D eigenvalue weighted by atomic mass is 9.95. The van der Waals surface area contributed by atoms with Crippen LogP contribution in [-0.4, -0.2) is 40.2 Å². The Hall–Kier alpha value is -2.38. The molecule has 1 aromatic heterocycles. The van der Waals surface area contributed by atoms with E-state index in [4.69, 9.17) is 5.11 Å². The molecule has 1 fully saturated rings. The first-order valence-electron chi connectivity index (χ1n) is 6.30. The van der Waals surface area contributed by atoms with Crippen LogP contribution in [0.4, 0.5) is 16.2 Å². The molecule has 0 aliphatic carbocycles. The Bertz CT molecular complexity index is 522. The smallest absolute Gasteiger partial charge is 0.404 e. The average molecular weight is 280 g/mol. The molecule has 108 valence electrons. The van der Waals surface area contributed by atoms with Crippen molar-refractivity contribution in [1.29, 1.82) is 0 Å². The number of nitrogens with zero attached hydrogens (tertiary/aromatic N) is 3. The quantitative estimate of drug-likeness (QED) is 0.641. The van der Waals surface area contributed by atoms with Crippen LogP contribution in [0.1, 0.15) is 13.3 Å². The summed E-state index contributed by atoms with van der Waals surface area (Å²) in [6, 6.07) is 1.36. The van der Waals surface area contributed by atoms with Crippen molar-refractivity contribution < 1.29 is 14.8 Å². The van der Waals surface area contributed by atoms with Gasteiger partial charge in [-0.25, -0.2) is 4.79 Å². The fourth-order valence-corrected chi connectivity index (χ4v) is 2.61. The van der Waals surface area contributed by atoms with Crippen LogP contribution >= 0.6 is 0 Å². The Labute approximate surface area is 115 Å². The van der Waals surface area contributed by atoms with Gasteiger partial charge in [-0.3, -0.25) is 15.1 Å². The molecule has 1 aliphatic heterocycles. The summed E-state index contributed by atoms with van der Waals surface area (Å²) in [6.07, 6.45) is 2.37. The van der Waals surface area contributed by atoms with Gasteiger partial charge in [0.05, 0.1) is 4.92 Å². The molecule has 0 spiro atoms. The number of anilines is 1. The molecule has 0 radical (unpaired) electrons. The first kappa shape index (κ1) is 14.0. The highest BCUT2D eigenvalue weighted by Gasteiger charge is 2.29. The maximum atomic E-state index is 11.0. The monoisotopic (exact) mass is 280 g/mol. The number of piperidine rings is 1. The molecule has 8 heteroatoms. The zero-order valence-corrected chi connectivity index (χ0v) is 11.0. The number of pyridine rings is 1. The van der Waals surface area contributed by atoms with Crippen molar-refractivity contribution in [3.63, 3.8) is 0 Å². The molecule has 2 heterocycles. The second kappa shape index (κ2) is 5.72. The van der Waals surface area contributed by atoms with E-state index < -0.39 is 11.0 Å². The molecule has 1 aromatic rings. The summed E-state index contributed by atoms with van der Waals surface area (Å²) in [5.41, 5.74) is 0.421. The molecule has 0 saturated carbocycles. The number of carboxylic acid groups (broad SMARTS) is 1. The minimum absolute atomic E-state index is 0.0596. The van der Waals surface area contributed by atoms with Gasteiger partial charge in [-0.05, 0) is 18.4 Å². The van der Waals surface area contributed by atoms with Crippen molar-refractivity contribution in [1.82, 2.24) is 10.3 Å². The van der Waals surface area contributed by atoms with E-state index in [0.29, 0.717) is 18.8 Å². The summed E-state index contributed by atoms with van der Waals surface area (Å²) < 4.78 is 0. The van der Waals surface area contributed by atoms with Crippen molar-refractivity contribution in [3.8, 4) is 0 Å². The number of carbonyl (C=O) groups is 1. The zero-order chi connectivity index (χ0) is 14.7. The highest BCUT2D eigenvalue weighted by molar-refractivity contribution is 5.66. The average Bonchev–Trinajstić information content (AvgIpc) is 2.37. The summed E-state index contributed by atoms with van der Waals surface area (Å²) >= 11 is 0. The molecule has 1 aliphatic rings. The van der Waals surface area contributed by atoms with Crippen LogP contribution in [-0.2, 0) is 0 Å². The molecule has 1 saturated heterocycles. The van der Waals surface area contributed by atoms with Crippen molar-refractivity contribution in [3.05, 3.63) is 28.6 Å². The van der Waals surface area contributed by atoms with Gasteiger partial charge in [-0.15, -0.1) is 0 Å². The molecule has 0 bridgehead atoms. The third kappa shape index (κ3) is 3.14. The highest BCUT2D eigenvalue weighted by atomic mass is 16.6. The van der Waals surface area contributed by atoms with Gasteiger partial charge in [-0.1, -0.05) is 6.92 Å². The van der Waals surface area contributed by atoms with Crippen LogP contribution in [0.5, 0.6) is 0 Å². The summed E-state index contributed by atoms with van der Waals surface area (Å²) in [7, 11) is 0. The Morgan fingerprint density at radius 1 is 1.60 bits per heavy atom. The second-order valence-electron chi connectivity index (χ2n) is 5.01. The van der Waals surface area contributed by atoms with Crippen molar-refractivity contribution >= 4 is 17.5 Å². The van der Waals surface area contributed by atoms with Crippen LogP contribution in [0.15, 0.2) is 18.5 Å². The zero-order valence-electron chi connectivity index (χ0n) is 11.0. The Morgan fingerprint density at radius 3 is 3.00 bits per heavy atom. The van der Waals surface area contributed by atoms with Gasteiger partial charge in [0.1, 0.15) is 11.9 Å². The third-order valence-corrected chi connectivity index (χ3v) is 3.30. The van der Waals surface area contributed by atoms with Gasteiger partial charge in [0, 0.05) is 25.3 Å². The summed E-state index contributed by atoms with van der Waals surface area (Å²) in [5, 5.41) is 22.3. The van der Waals surface area contributed by atoms with E-state index in [-0.39, 0.29) is 17.6 Å². The van der Waals surface area contributed by atoms with E-state index in [1.54, 1.807) is 6.07 Å². The predicted octanol–water partition coefficient (Wildman–Crippen LogP) is 1.47. The summed E-state index contributed by atoms with van der Waals surface area (Å²) in [6.45, 7) is 3.07. The molecule has 2 rings (SSSR count). The minimum Gasteiger partial charge on any atom is -0.465 e. The topological polar surface area (TPSA) is 109 Å². The second-order valence-corrected chi connectivity index (χ2v) is 5.01. The van der Waals surface area contributed by atoms with E-state index in [2.05, 4.69) is 10.3 Å². The summed E-state index contributed by atoms with van der Waals surface area (Å²) in [4.78, 5) is 26.9. The molecule has 2 atom stereocenters. The van der Waals surface area contributed by atoms with Crippen molar-refractivity contribution in [2.75, 3.05) is 18.0 Å². The molecule has 2 N–H and O–H groups in total. The number of nitrogens with one attached hydrogen (secondary N) is 1. The molecule has 8 nitrogen and oxygen atoms in total. The summed E-state index contributed by atoms with van der Waals surface area (Å²) in [5.74, 6) is 0.244. The van der Waals surface area contributed by atoms with Gasteiger partial charge in [0.25, 0.3) is 0 Å². The van der Waals surface area contributed by atoms with E-state index in [1.807, 2.05) is 11.8 Å². The van der Waals surface area contributed by atoms with E-state index in [1.165, 1.54) is 12.4 Å². The van der Waals surface area contributed by atoms with E-state index in [0.717, 1.165) is 6.42 Å². The lowest BCUT2D eigenvalue weighted by Gasteiger charge is -2.37. The predicted molar refractivity (Wildman–Crippen MR) is 71.8 cm³/mol. The standard InChI is InChI=1S/C12H16N4O4/c1-8-4-9(14-12(17)18)7-15(6-8)10-2-3-13-5-11(10)16(19)20/h2-3,5,8-9,14H,4,6-7H2,1H3,(H,17,18)/t8-,9+/m1/s1. The van der Waals surface area contributed by atoms with Crippen LogP contribution in [0.25, 0.3) is 0 Å². The Kier molecular flexibility index (Phi) is 4.02. The van der Waals surface area contributed by atoms with Crippen molar-refractivity contribution in [2.24, 2.45) is 5.92 Å². The van der Waals surface area contributed by atoms with Crippen LogP contribution in [0, 0.1) is 16.0 Å². The van der Waals surface area contributed by atoms with E-state index in [9.17, 15) is 14.9 Å². The molecular weight excluding hydrogens is 264 g/mol. The number of rotatable bonds is 3. The lowest BCUT2D eigenvalue weighted by molar-refractivity contribution is -0.384. The maximum absolute atomic E-state index is 11.0.